The Morgan fingerprint density at radius 2 is 2.06 bits per heavy atom. The smallest absolute Gasteiger partial charge is 0.298 e. The summed E-state index contributed by atoms with van der Waals surface area (Å²) < 4.78 is 50.0. The average molecular weight is 246 g/mol. The molecule has 17 heavy (non-hydrogen) atoms. The molecular weight excluding hydrogens is 236 g/mol. The van der Waals surface area contributed by atoms with Crippen LogP contribution >= 0.6 is 0 Å². The van der Waals surface area contributed by atoms with Gasteiger partial charge in [0, 0.05) is 12.1 Å². The molecule has 0 bridgehead atoms. The van der Waals surface area contributed by atoms with Crippen LogP contribution < -0.4 is 5.32 Å². The van der Waals surface area contributed by atoms with Crippen LogP contribution in [0.2, 0.25) is 0 Å². The van der Waals surface area contributed by atoms with Crippen LogP contribution in [0.1, 0.15) is 18.1 Å². The molecule has 0 aliphatic heterocycles. The summed E-state index contributed by atoms with van der Waals surface area (Å²) in [7, 11) is 0. The average Bonchev–Trinajstić information content (AvgIpc) is 2.25. The minimum atomic E-state index is -4.55. The molecule has 1 aromatic carbocycles. The lowest BCUT2D eigenvalue weighted by molar-refractivity contribution is -0.137. The summed E-state index contributed by atoms with van der Waals surface area (Å²) in [6, 6.07) is 3.72. The van der Waals surface area contributed by atoms with E-state index in [1.165, 1.54) is 0 Å². The zero-order chi connectivity index (χ0) is 13.1. The number of alkyl halides is 3. The van der Waals surface area contributed by atoms with E-state index in [0.29, 0.717) is 6.07 Å². The van der Waals surface area contributed by atoms with Gasteiger partial charge in [-0.3, -0.25) is 5.32 Å². The number of halogens is 4. The molecule has 2 nitrogen and oxygen atoms in total. The van der Waals surface area contributed by atoms with E-state index in [1.54, 1.807) is 6.92 Å². The molecule has 0 unspecified atom stereocenters. The number of nitriles is 1. The predicted molar refractivity (Wildman–Crippen MR) is 53.3 cm³/mol. The number of benzene rings is 1. The molecule has 0 fully saturated rings. The first-order valence-corrected chi connectivity index (χ1v) is 4.83. The van der Waals surface area contributed by atoms with Gasteiger partial charge in [0.25, 0.3) is 0 Å². The Hall–Kier alpha value is -1.61. The molecule has 0 aromatic heterocycles. The van der Waals surface area contributed by atoms with Crippen LogP contribution in [0.5, 0.6) is 0 Å². The number of nitrogens with zero attached hydrogens (tertiary/aromatic N) is 1. The normalized spacial score (nSPS) is 13.2. The van der Waals surface area contributed by atoms with Gasteiger partial charge in [-0.2, -0.15) is 18.4 Å². The summed E-state index contributed by atoms with van der Waals surface area (Å²) in [5, 5.41) is 11.1. The third-order valence-corrected chi connectivity index (χ3v) is 2.17. The summed E-state index contributed by atoms with van der Waals surface area (Å²) in [6.07, 6.45) is -4.55. The molecule has 0 saturated heterocycles. The second kappa shape index (κ2) is 5.15. The van der Waals surface area contributed by atoms with Crippen molar-refractivity contribution in [2.24, 2.45) is 0 Å². The molecule has 0 aliphatic rings. The van der Waals surface area contributed by atoms with Crippen molar-refractivity contribution in [3.05, 3.63) is 35.1 Å². The van der Waals surface area contributed by atoms with Gasteiger partial charge in [-0.15, -0.1) is 0 Å². The second-order valence-corrected chi connectivity index (χ2v) is 3.54. The Morgan fingerprint density at radius 3 is 2.53 bits per heavy atom. The molecule has 0 aliphatic carbocycles. The van der Waals surface area contributed by atoms with E-state index < -0.39 is 23.6 Å². The van der Waals surface area contributed by atoms with E-state index in [-0.39, 0.29) is 12.1 Å². The first-order valence-electron chi connectivity index (χ1n) is 4.83. The number of rotatable bonds is 3. The fraction of sp³-hybridized carbons (Fsp3) is 0.364. The monoisotopic (exact) mass is 246 g/mol. The summed E-state index contributed by atoms with van der Waals surface area (Å²) in [5.41, 5.74) is -0.924. The molecule has 1 rings (SSSR count). The van der Waals surface area contributed by atoms with Crippen molar-refractivity contribution in [3.63, 3.8) is 0 Å². The Labute approximate surface area is 95.9 Å². The van der Waals surface area contributed by atoms with E-state index in [0.717, 1.165) is 12.1 Å². The standard InChI is InChI=1S/C11H10F4N2/c1-7(5-16)17-6-8-2-3-9(4-10(8)12)11(13,14)15/h2-4,7,17H,6H2,1H3/t7-/m1/s1. The number of hydrogen-bond acceptors (Lipinski definition) is 2. The first kappa shape index (κ1) is 13.5. The van der Waals surface area contributed by atoms with E-state index in [9.17, 15) is 17.6 Å². The fourth-order valence-corrected chi connectivity index (χ4v) is 1.18. The van der Waals surface area contributed by atoms with Crippen molar-refractivity contribution in [1.82, 2.24) is 5.32 Å². The highest BCUT2D eigenvalue weighted by Gasteiger charge is 2.31. The van der Waals surface area contributed by atoms with E-state index in [1.807, 2.05) is 6.07 Å². The quantitative estimate of drug-likeness (QED) is 0.832. The molecule has 0 radical (unpaired) electrons. The topological polar surface area (TPSA) is 35.8 Å². The van der Waals surface area contributed by atoms with Gasteiger partial charge in [-0.25, -0.2) is 4.39 Å². The van der Waals surface area contributed by atoms with Crippen LogP contribution in [-0.4, -0.2) is 6.04 Å². The molecule has 0 saturated carbocycles. The lowest BCUT2D eigenvalue weighted by Crippen LogP contribution is -2.24. The highest BCUT2D eigenvalue weighted by molar-refractivity contribution is 5.26. The summed E-state index contributed by atoms with van der Waals surface area (Å²) in [6.45, 7) is 1.58. The van der Waals surface area contributed by atoms with Crippen LogP contribution in [-0.2, 0) is 12.7 Å². The third kappa shape index (κ3) is 3.71. The van der Waals surface area contributed by atoms with Gasteiger partial charge in [0.05, 0.1) is 17.7 Å². The van der Waals surface area contributed by atoms with E-state index >= 15 is 0 Å². The lowest BCUT2D eigenvalue weighted by atomic mass is 10.1. The van der Waals surface area contributed by atoms with Gasteiger partial charge >= 0.3 is 6.18 Å². The molecule has 6 heteroatoms. The Balaban J connectivity index is 2.81. The Kier molecular flexibility index (Phi) is 4.07. The van der Waals surface area contributed by atoms with E-state index in [2.05, 4.69) is 5.32 Å². The van der Waals surface area contributed by atoms with Crippen LogP contribution in [0, 0.1) is 17.1 Å². The van der Waals surface area contributed by atoms with Gasteiger partial charge in [0.1, 0.15) is 5.82 Å². The molecule has 1 aromatic rings. The van der Waals surface area contributed by atoms with E-state index in [4.69, 9.17) is 5.26 Å². The largest absolute Gasteiger partial charge is 0.416 e. The maximum absolute atomic E-state index is 13.3. The summed E-state index contributed by atoms with van der Waals surface area (Å²) in [4.78, 5) is 0. The van der Waals surface area contributed by atoms with Crippen LogP contribution in [0.25, 0.3) is 0 Å². The van der Waals surface area contributed by atoms with Gasteiger partial charge in [-0.1, -0.05) is 6.07 Å². The van der Waals surface area contributed by atoms with Crippen molar-refractivity contribution in [2.75, 3.05) is 0 Å². The minimum absolute atomic E-state index is 0.0126. The van der Waals surface area contributed by atoms with Crippen LogP contribution in [0.4, 0.5) is 17.6 Å². The summed E-state index contributed by atoms with van der Waals surface area (Å²) in [5.74, 6) is -0.933. The molecular formula is C11H10F4N2. The highest BCUT2D eigenvalue weighted by atomic mass is 19.4. The van der Waals surface area contributed by atoms with Crippen molar-refractivity contribution in [3.8, 4) is 6.07 Å². The lowest BCUT2D eigenvalue weighted by Gasteiger charge is -2.10. The van der Waals surface area contributed by atoms with Crippen molar-refractivity contribution < 1.29 is 17.6 Å². The molecule has 92 valence electrons. The predicted octanol–water partition coefficient (Wildman–Crippen LogP) is 2.85. The SMILES string of the molecule is C[C@H](C#N)NCc1ccc(C(F)(F)F)cc1F. The van der Waals surface area contributed by atoms with Crippen molar-refractivity contribution >= 4 is 0 Å². The maximum Gasteiger partial charge on any atom is 0.416 e. The van der Waals surface area contributed by atoms with Crippen molar-refractivity contribution in [1.29, 1.82) is 5.26 Å². The molecule has 0 spiro atoms. The molecule has 1 N–H and O–H groups in total. The zero-order valence-corrected chi connectivity index (χ0v) is 8.98. The minimum Gasteiger partial charge on any atom is -0.298 e. The maximum atomic E-state index is 13.3. The van der Waals surface area contributed by atoms with Crippen molar-refractivity contribution in [2.45, 2.75) is 25.7 Å². The molecule has 0 heterocycles. The van der Waals surface area contributed by atoms with Gasteiger partial charge in [0.2, 0.25) is 0 Å². The van der Waals surface area contributed by atoms with Gasteiger partial charge in [0.15, 0.2) is 0 Å². The summed E-state index contributed by atoms with van der Waals surface area (Å²) >= 11 is 0. The Morgan fingerprint density at radius 1 is 1.41 bits per heavy atom. The fourth-order valence-electron chi connectivity index (χ4n) is 1.18. The number of hydrogen-bond donors (Lipinski definition) is 1. The van der Waals surface area contributed by atoms with Gasteiger partial charge < -0.3 is 0 Å². The highest BCUT2D eigenvalue weighted by Crippen LogP contribution is 2.30. The number of nitrogens with one attached hydrogen (secondary N) is 1. The van der Waals surface area contributed by atoms with Crippen LogP contribution in [0.3, 0.4) is 0 Å². The first-order chi connectivity index (χ1) is 7.84. The Bertz CT molecular complexity index is 434. The van der Waals surface area contributed by atoms with Gasteiger partial charge in [-0.05, 0) is 19.1 Å². The third-order valence-electron chi connectivity index (χ3n) is 2.17. The second-order valence-electron chi connectivity index (χ2n) is 3.54. The van der Waals surface area contributed by atoms with Crippen LogP contribution in [0.15, 0.2) is 18.2 Å². The molecule has 1 atom stereocenters. The zero-order valence-electron chi connectivity index (χ0n) is 8.98. The molecule has 0 amide bonds.